The number of carbonyl (C=O) groups excluding carboxylic acids is 1. The maximum absolute atomic E-state index is 12.6. The SMILES string of the molecule is CCOc1ccc(C(C)NC(=O)c2cn3nc(C)cc3[nH]c2=O)cc1OC. The molecule has 2 N–H and O–H groups in total. The van der Waals surface area contributed by atoms with E-state index in [4.69, 9.17) is 9.47 Å². The Morgan fingerprint density at radius 2 is 2.11 bits per heavy atom. The predicted molar refractivity (Wildman–Crippen MR) is 101 cm³/mol. The monoisotopic (exact) mass is 370 g/mol. The van der Waals surface area contributed by atoms with Crippen molar-refractivity contribution in [3.63, 3.8) is 0 Å². The van der Waals surface area contributed by atoms with Crippen LogP contribution in [-0.4, -0.2) is 34.2 Å². The summed E-state index contributed by atoms with van der Waals surface area (Å²) in [6.45, 7) is 6.07. The number of nitrogens with zero attached hydrogens (tertiary/aromatic N) is 2. The van der Waals surface area contributed by atoms with Gasteiger partial charge in [-0.05, 0) is 38.5 Å². The van der Waals surface area contributed by atoms with E-state index in [0.717, 1.165) is 11.3 Å². The maximum Gasteiger partial charge on any atom is 0.263 e. The third kappa shape index (κ3) is 3.79. The van der Waals surface area contributed by atoms with E-state index in [0.29, 0.717) is 23.8 Å². The van der Waals surface area contributed by atoms with Crippen LogP contribution >= 0.6 is 0 Å². The number of benzene rings is 1. The number of amides is 1. The fourth-order valence-electron chi connectivity index (χ4n) is 2.82. The van der Waals surface area contributed by atoms with Crippen molar-refractivity contribution in [3.05, 3.63) is 57.6 Å². The van der Waals surface area contributed by atoms with Gasteiger partial charge in [0.15, 0.2) is 11.5 Å². The van der Waals surface area contributed by atoms with E-state index >= 15 is 0 Å². The molecule has 0 spiro atoms. The number of aromatic nitrogens is 3. The van der Waals surface area contributed by atoms with E-state index in [-0.39, 0.29) is 11.6 Å². The van der Waals surface area contributed by atoms with Gasteiger partial charge in [0.2, 0.25) is 0 Å². The largest absolute Gasteiger partial charge is 0.493 e. The third-order valence-corrected chi connectivity index (χ3v) is 4.18. The van der Waals surface area contributed by atoms with Crippen LogP contribution < -0.4 is 20.3 Å². The molecule has 8 heteroatoms. The molecular formula is C19H22N4O4. The second kappa shape index (κ2) is 7.53. The number of fused-ring (bicyclic) bond motifs is 1. The Labute approximate surface area is 156 Å². The van der Waals surface area contributed by atoms with Gasteiger partial charge in [0, 0.05) is 12.3 Å². The summed E-state index contributed by atoms with van der Waals surface area (Å²) in [7, 11) is 1.56. The Morgan fingerprint density at radius 3 is 2.81 bits per heavy atom. The van der Waals surface area contributed by atoms with Gasteiger partial charge in [-0.2, -0.15) is 5.10 Å². The lowest BCUT2D eigenvalue weighted by Gasteiger charge is -2.17. The Hall–Kier alpha value is -3.29. The fourth-order valence-corrected chi connectivity index (χ4v) is 2.82. The van der Waals surface area contributed by atoms with E-state index in [1.807, 2.05) is 26.8 Å². The first-order chi connectivity index (χ1) is 12.9. The summed E-state index contributed by atoms with van der Waals surface area (Å²) in [6, 6.07) is 6.85. The number of ether oxygens (including phenoxy) is 2. The number of nitrogens with one attached hydrogen (secondary N) is 2. The van der Waals surface area contributed by atoms with Gasteiger partial charge in [-0.25, -0.2) is 4.52 Å². The average Bonchev–Trinajstić information content (AvgIpc) is 3.00. The second-order valence-electron chi connectivity index (χ2n) is 6.15. The minimum absolute atomic E-state index is 0.00430. The topological polar surface area (TPSA) is 97.7 Å². The zero-order valence-corrected chi connectivity index (χ0v) is 15.7. The number of H-pyrrole nitrogens is 1. The standard InChI is InChI=1S/C19H22N4O4/c1-5-27-15-7-6-13(9-16(15)26-4)12(3)20-18(24)14-10-23-17(21-19(14)25)8-11(2)22-23/h6-10,12H,5H2,1-4H3,(H,20,24)(H,21,25). The van der Waals surface area contributed by atoms with E-state index in [1.165, 1.54) is 10.7 Å². The number of carbonyl (C=O) groups is 1. The Balaban J connectivity index is 1.83. The second-order valence-corrected chi connectivity index (χ2v) is 6.15. The molecule has 2 aromatic heterocycles. The third-order valence-electron chi connectivity index (χ3n) is 4.18. The molecule has 0 aliphatic heterocycles. The molecule has 3 aromatic rings. The normalized spacial score (nSPS) is 12.0. The minimum Gasteiger partial charge on any atom is -0.493 e. The molecule has 0 saturated carbocycles. The minimum atomic E-state index is -0.480. The van der Waals surface area contributed by atoms with Crippen molar-refractivity contribution < 1.29 is 14.3 Å². The summed E-state index contributed by atoms with van der Waals surface area (Å²) in [5, 5.41) is 7.05. The molecule has 3 rings (SSSR count). The summed E-state index contributed by atoms with van der Waals surface area (Å²) in [5.41, 5.74) is 1.65. The van der Waals surface area contributed by atoms with E-state index < -0.39 is 11.5 Å². The number of aromatic amines is 1. The van der Waals surface area contributed by atoms with Crippen LogP contribution in [0.25, 0.3) is 5.65 Å². The van der Waals surface area contributed by atoms with E-state index in [2.05, 4.69) is 15.4 Å². The average molecular weight is 370 g/mol. The van der Waals surface area contributed by atoms with Crippen molar-refractivity contribution in [2.75, 3.05) is 13.7 Å². The molecule has 142 valence electrons. The number of rotatable bonds is 6. The first-order valence-corrected chi connectivity index (χ1v) is 8.63. The van der Waals surface area contributed by atoms with Gasteiger partial charge in [0.1, 0.15) is 11.2 Å². The highest BCUT2D eigenvalue weighted by molar-refractivity contribution is 5.94. The van der Waals surface area contributed by atoms with Gasteiger partial charge in [0.25, 0.3) is 11.5 Å². The van der Waals surface area contributed by atoms with Gasteiger partial charge in [-0.3, -0.25) is 9.59 Å². The molecule has 8 nitrogen and oxygen atoms in total. The predicted octanol–water partition coefficient (Wildman–Crippen LogP) is 2.23. The van der Waals surface area contributed by atoms with Gasteiger partial charge in [0.05, 0.1) is 25.5 Å². The molecule has 1 aromatic carbocycles. The number of hydrogen-bond acceptors (Lipinski definition) is 5. The maximum atomic E-state index is 12.6. The number of aryl methyl sites for hydroxylation is 1. The highest BCUT2D eigenvalue weighted by Crippen LogP contribution is 2.30. The molecule has 1 unspecified atom stereocenters. The van der Waals surface area contributed by atoms with Crippen molar-refractivity contribution in [1.82, 2.24) is 19.9 Å². The zero-order chi connectivity index (χ0) is 19.6. The van der Waals surface area contributed by atoms with Crippen LogP contribution in [0.4, 0.5) is 0 Å². The Kier molecular flexibility index (Phi) is 5.16. The summed E-state index contributed by atoms with van der Waals surface area (Å²) >= 11 is 0. The summed E-state index contributed by atoms with van der Waals surface area (Å²) in [5.74, 6) is 0.742. The Morgan fingerprint density at radius 1 is 1.33 bits per heavy atom. The molecular weight excluding hydrogens is 348 g/mol. The molecule has 0 radical (unpaired) electrons. The lowest BCUT2D eigenvalue weighted by atomic mass is 10.1. The summed E-state index contributed by atoms with van der Waals surface area (Å²) in [6.07, 6.45) is 1.43. The smallest absolute Gasteiger partial charge is 0.263 e. The molecule has 0 aliphatic rings. The van der Waals surface area contributed by atoms with Crippen LogP contribution in [0.3, 0.4) is 0 Å². The van der Waals surface area contributed by atoms with Crippen molar-refractivity contribution >= 4 is 11.6 Å². The zero-order valence-electron chi connectivity index (χ0n) is 15.7. The molecule has 27 heavy (non-hydrogen) atoms. The van der Waals surface area contributed by atoms with Gasteiger partial charge >= 0.3 is 0 Å². The quantitative estimate of drug-likeness (QED) is 0.693. The fraction of sp³-hybridized carbons (Fsp3) is 0.316. The molecule has 0 bridgehead atoms. The van der Waals surface area contributed by atoms with Crippen LogP contribution in [0.1, 0.15) is 41.5 Å². The lowest BCUT2D eigenvalue weighted by molar-refractivity contribution is 0.0937. The lowest BCUT2D eigenvalue weighted by Crippen LogP contribution is -2.32. The first-order valence-electron chi connectivity index (χ1n) is 8.63. The van der Waals surface area contributed by atoms with Gasteiger partial charge in [-0.1, -0.05) is 6.07 Å². The van der Waals surface area contributed by atoms with Crippen molar-refractivity contribution in [2.24, 2.45) is 0 Å². The number of methoxy groups -OCH3 is 1. The molecule has 0 fully saturated rings. The Bertz CT molecular complexity index is 1040. The molecule has 1 amide bonds. The van der Waals surface area contributed by atoms with Crippen molar-refractivity contribution in [1.29, 1.82) is 0 Å². The van der Waals surface area contributed by atoms with Gasteiger partial charge < -0.3 is 19.8 Å². The van der Waals surface area contributed by atoms with Crippen LogP contribution in [0.5, 0.6) is 11.5 Å². The van der Waals surface area contributed by atoms with E-state index in [1.54, 1.807) is 25.3 Å². The summed E-state index contributed by atoms with van der Waals surface area (Å²) < 4.78 is 12.3. The van der Waals surface area contributed by atoms with Crippen LogP contribution in [0.15, 0.2) is 35.3 Å². The molecule has 2 heterocycles. The van der Waals surface area contributed by atoms with Crippen LogP contribution in [-0.2, 0) is 0 Å². The van der Waals surface area contributed by atoms with Crippen LogP contribution in [0, 0.1) is 6.92 Å². The number of hydrogen-bond donors (Lipinski definition) is 2. The van der Waals surface area contributed by atoms with Crippen molar-refractivity contribution in [2.45, 2.75) is 26.8 Å². The molecule has 0 saturated heterocycles. The first kappa shape index (κ1) is 18.5. The summed E-state index contributed by atoms with van der Waals surface area (Å²) in [4.78, 5) is 27.5. The highest BCUT2D eigenvalue weighted by Gasteiger charge is 2.17. The molecule has 0 aliphatic carbocycles. The molecule has 1 atom stereocenters. The van der Waals surface area contributed by atoms with Crippen molar-refractivity contribution in [3.8, 4) is 11.5 Å². The van der Waals surface area contributed by atoms with Crippen LogP contribution in [0.2, 0.25) is 0 Å². The highest BCUT2D eigenvalue weighted by atomic mass is 16.5. The van der Waals surface area contributed by atoms with E-state index in [9.17, 15) is 9.59 Å². The van der Waals surface area contributed by atoms with Gasteiger partial charge in [-0.15, -0.1) is 0 Å².